The van der Waals surface area contributed by atoms with Gasteiger partial charge in [-0.25, -0.2) is 4.98 Å². The van der Waals surface area contributed by atoms with Gasteiger partial charge in [-0.1, -0.05) is 6.92 Å². The fourth-order valence-corrected chi connectivity index (χ4v) is 3.56. The molecule has 0 radical (unpaired) electrons. The minimum atomic E-state index is 0.255. The number of aromatic nitrogens is 1. The van der Waals surface area contributed by atoms with Crippen molar-refractivity contribution in [2.45, 2.75) is 19.8 Å². The maximum Gasteiger partial charge on any atom is 0.236 e. The van der Waals surface area contributed by atoms with Gasteiger partial charge >= 0.3 is 0 Å². The number of piperazine rings is 1. The standard InChI is InChI=1S/C18H25N5O/c1-15-4-3-7-23(13-15)17(24)14-21-8-10-22(11-9-21)18-16(12-19)5-2-6-20-18/h2,5-6,15H,3-4,7-11,13-14H2,1H3. The van der Waals surface area contributed by atoms with E-state index in [1.54, 1.807) is 18.3 Å². The number of carbonyl (C=O) groups is 1. The van der Waals surface area contributed by atoms with Gasteiger partial charge in [0.05, 0.1) is 12.1 Å². The van der Waals surface area contributed by atoms with Crippen LogP contribution in [0.25, 0.3) is 0 Å². The first-order valence-corrected chi connectivity index (χ1v) is 8.77. The molecule has 1 aromatic rings. The molecule has 3 rings (SSSR count). The van der Waals surface area contributed by atoms with E-state index in [0.29, 0.717) is 18.0 Å². The Balaban J connectivity index is 1.52. The van der Waals surface area contributed by atoms with E-state index in [0.717, 1.165) is 51.5 Å². The van der Waals surface area contributed by atoms with Crippen molar-refractivity contribution < 1.29 is 4.79 Å². The number of pyridine rings is 1. The summed E-state index contributed by atoms with van der Waals surface area (Å²) in [6, 6.07) is 5.79. The van der Waals surface area contributed by atoms with Crippen LogP contribution in [0.3, 0.4) is 0 Å². The molecular formula is C18H25N5O. The predicted octanol–water partition coefficient (Wildman–Crippen LogP) is 1.33. The SMILES string of the molecule is CC1CCCN(C(=O)CN2CCN(c3ncccc3C#N)CC2)C1. The molecule has 2 aliphatic heterocycles. The Bertz CT molecular complexity index is 618. The summed E-state index contributed by atoms with van der Waals surface area (Å²) in [4.78, 5) is 23.2. The molecule has 6 nitrogen and oxygen atoms in total. The molecule has 2 fully saturated rings. The number of nitriles is 1. The Morgan fingerprint density at radius 2 is 2.12 bits per heavy atom. The molecule has 2 aliphatic rings. The predicted molar refractivity (Wildman–Crippen MR) is 92.6 cm³/mol. The highest BCUT2D eigenvalue weighted by Gasteiger charge is 2.25. The fraction of sp³-hybridized carbons (Fsp3) is 0.611. The summed E-state index contributed by atoms with van der Waals surface area (Å²) in [5, 5.41) is 9.21. The van der Waals surface area contributed by atoms with Gasteiger partial charge in [-0.05, 0) is 30.9 Å². The summed E-state index contributed by atoms with van der Waals surface area (Å²) >= 11 is 0. The summed E-state index contributed by atoms with van der Waals surface area (Å²) in [6.45, 7) is 7.80. The van der Waals surface area contributed by atoms with Gasteiger partial charge in [0.25, 0.3) is 0 Å². The van der Waals surface area contributed by atoms with Crippen LogP contribution >= 0.6 is 0 Å². The fourth-order valence-electron chi connectivity index (χ4n) is 3.56. The average molecular weight is 327 g/mol. The van der Waals surface area contributed by atoms with Crippen LogP contribution in [-0.2, 0) is 4.79 Å². The molecule has 0 aromatic carbocycles. The molecule has 1 unspecified atom stereocenters. The Kier molecular flexibility index (Phi) is 5.31. The van der Waals surface area contributed by atoms with Crippen molar-refractivity contribution in [3.63, 3.8) is 0 Å². The normalized spacial score (nSPS) is 22.2. The molecule has 0 aliphatic carbocycles. The molecule has 1 aromatic heterocycles. The van der Waals surface area contributed by atoms with E-state index < -0.39 is 0 Å². The third-order valence-corrected chi connectivity index (χ3v) is 4.95. The highest BCUT2D eigenvalue weighted by Crippen LogP contribution is 2.19. The first-order chi connectivity index (χ1) is 11.7. The van der Waals surface area contributed by atoms with Crippen molar-refractivity contribution in [3.8, 4) is 6.07 Å². The van der Waals surface area contributed by atoms with Gasteiger partial charge in [-0.15, -0.1) is 0 Å². The van der Waals surface area contributed by atoms with Crippen molar-refractivity contribution >= 4 is 11.7 Å². The first kappa shape index (κ1) is 16.7. The van der Waals surface area contributed by atoms with Gasteiger partial charge in [0, 0.05) is 45.5 Å². The Labute approximate surface area is 143 Å². The van der Waals surface area contributed by atoms with Gasteiger partial charge in [-0.3, -0.25) is 9.69 Å². The zero-order valence-electron chi connectivity index (χ0n) is 14.3. The highest BCUT2D eigenvalue weighted by atomic mass is 16.2. The van der Waals surface area contributed by atoms with Crippen LogP contribution in [0.4, 0.5) is 5.82 Å². The van der Waals surface area contributed by atoms with E-state index in [9.17, 15) is 10.1 Å². The minimum absolute atomic E-state index is 0.255. The average Bonchev–Trinajstić information content (AvgIpc) is 2.62. The quantitative estimate of drug-likeness (QED) is 0.838. The van der Waals surface area contributed by atoms with E-state index in [2.05, 4.69) is 27.8 Å². The van der Waals surface area contributed by atoms with E-state index in [1.165, 1.54) is 6.42 Å². The minimum Gasteiger partial charge on any atom is -0.353 e. The maximum atomic E-state index is 12.5. The zero-order chi connectivity index (χ0) is 16.9. The molecular weight excluding hydrogens is 302 g/mol. The van der Waals surface area contributed by atoms with Crippen LogP contribution in [0.5, 0.6) is 0 Å². The van der Waals surface area contributed by atoms with Crippen molar-refractivity contribution in [2.75, 3.05) is 50.7 Å². The van der Waals surface area contributed by atoms with Crippen LogP contribution in [0, 0.1) is 17.2 Å². The van der Waals surface area contributed by atoms with E-state index in [1.807, 2.05) is 4.90 Å². The Hall–Kier alpha value is -2.13. The third kappa shape index (κ3) is 3.85. The molecule has 3 heterocycles. The third-order valence-electron chi connectivity index (χ3n) is 4.95. The van der Waals surface area contributed by atoms with E-state index >= 15 is 0 Å². The lowest BCUT2D eigenvalue weighted by molar-refractivity contribution is -0.134. The topological polar surface area (TPSA) is 63.5 Å². The van der Waals surface area contributed by atoms with Crippen LogP contribution in [-0.4, -0.2) is 66.5 Å². The Morgan fingerprint density at radius 1 is 1.33 bits per heavy atom. The maximum absolute atomic E-state index is 12.5. The summed E-state index contributed by atoms with van der Waals surface area (Å²) < 4.78 is 0. The number of anilines is 1. The second-order valence-corrected chi connectivity index (χ2v) is 6.84. The lowest BCUT2D eigenvalue weighted by Gasteiger charge is -2.37. The van der Waals surface area contributed by atoms with Crippen LogP contribution in [0.1, 0.15) is 25.3 Å². The number of piperidine rings is 1. The number of hydrogen-bond donors (Lipinski definition) is 0. The molecule has 0 spiro atoms. The number of amides is 1. The molecule has 128 valence electrons. The Morgan fingerprint density at radius 3 is 2.83 bits per heavy atom. The number of rotatable bonds is 3. The molecule has 0 saturated carbocycles. The number of likely N-dealkylation sites (tertiary alicyclic amines) is 1. The van der Waals surface area contributed by atoms with Gasteiger partial charge < -0.3 is 9.80 Å². The van der Waals surface area contributed by atoms with Crippen molar-refractivity contribution in [1.29, 1.82) is 5.26 Å². The van der Waals surface area contributed by atoms with Crippen molar-refractivity contribution in [1.82, 2.24) is 14.8 Å². The largest absolute Gasteiger partial charge is 0.353 e. The summed E-state index contributed by atoms with van der Waals surface area (Å²) in [7, 11) is 0. The lowest BCUT2D eigenvalue weighted by Crippen LogP contribution is -2.51. The van der Waals surface area contributed by atoms with Gasteiger partial charge in [0.1, 0.15) is 11.9 Å². The molecule has 0 N–H and O–H groups in total. The van der Waals surface area contributed by atoms with Crippen molar-refractivity contribution in [2.24, 2.45) is 5.92 Å². The number of nitrogens with zero attached hydrogens (tertiary/aromatic N) is 5. The molecule has 6 heteroatoms. The van der Waals surface area contributed by atoms with E-state index in [4.69, 9.17) is 0 Å². The van der Waals surface area contributed by atoms with Crippen LogP contribution in [0.15, 0.2) is 18.3 Å². The summed E-state index contributed by atoms with van der Waals surface area (Å²) in [5.41, 5.74) is 0.615. The molecule has 2 saturated heterocycles. The first-order valence-electron chi connectivity index (χ1n) is 8.77. The summed E-state index contributed by atoms with van der Waals surface area (Å²) in [6.07, 6.45) is 4.08. The zero-order valence-corrected chi connectivity index (χ0v) is 14.3. The summed E-state index contributed by atoms with van der Waals surface area (Å²) in [5.74, 6) is 1.63. The molecule has 24 heavy (non-hydrogen) atoms. The van der Waals surface area contributed by atoms with E-state index in [-0.39, 0.29) is 5.91 Å². The smallest absolute Gasteiger partial charge is 0.236 e. The molecule has 1 atom stereocenters. The van der Waals surface area contributed by atoms with Crippen LogP contribution < -0.4 is 4.90 Å². The van der Waals surface area contributed by atoms with Crippen LogP contribution in [0.2, 0.25) is 0 Å². The number of hydrogen-bond acceptors (Lipinski definition) is 5. The van der Waals surface area contributed by atoms with Gasteiger partial charge in [-0.2, -0.15) is 5.26 Å². The monoisotopic (exact) mass is 327 g/mol. The van der Waals surface area contributed by atoms with Gasteiger partial charge in [0.15, 0.2) is 0 Å². The molecule has 1 amide bonds. The molecule has 0 bridgehead atoms. The highest BCUT2D eigenvalue weighted by molar-refractivity contribution is 5.78. The van der Waals surface area contributed by atoms with Gasteiger partial charge in [0.2, 0.25) is 5.91 Å². The lowest BCUT2D eigenvalue weighted by atomic mass is 10.0. The second-order valence-electron chi connectivity index (χ2n) is 6.84. The second kappa shape index (κ2) is 7.63. The number of carbonyl (C=O) groups excluding carboxylic acids is 1. The van der Waals surface area contributed by atoms with Crippen molar-refractivity contribution in [3.05, 3.63) is 23.9 Å².